The third kappa shape index (κ3) is 5.43. The Kier molecular flexibility index (Phi) is 7.20. The number of aromatic nitrogens is 7. The number of aryl methyl sites for hydroxylation is 2. The third-order valence-electron chi connectivity index (χ3n) is 6.56. The van der Waals surface area contributed by atoms with Crippen LogP contribution in [0.25, 0.3) is 22.6 Å². The third-order valence-corrected chi connectivity index (χ3v) is 6.56. The number of carbonyl (C=O) groups is 1. The highest BCUT2D eigenvalue weighted by Crippen LogP contribution is 2.29. The van der Waals surface area contributed by atoms with E-state index in [1.165, 1.54) is 6.07 Å². The van der Waals surface area contributed by atoms with E-state index in [0.717, 1.165) is 18.5 Å². The van der Waals surface area contributed by atoms with Crippen molar-refractivity contribution in [3.63, 3.8) is 0 Å². The molecule has 0 radical (unpaired) electrons. The van der Waals surface area contributed by atoms with Crippen molar-refractivity contribution < 1.29 is 19.0 Å². The van der Waals surface area contributed by atoms with Crippen LogP contribution in [0.1, 0.15) is 37.1 Å². The van der Waals surface area contributed by atoms with Crippen LogP contribution in [0.5, 0.6) is 5.88 Å². The first kappa shape index (κ1) is 25.2. The second-order valence-electron chi connectivity index (χ2n) is 9.19. The van der Waals surface area contributed by atoms with Gasteiger partial charge in [0.25, 0.3) is 0 Å². The van der Waals surface area contributed by atoms with Gasteiger partial charge >= 0.3 is 5.97 Å². The SMILES string of the molecule is Cc1nc(-c2nnn(C)c2CNc2nccc(-c3ccccc3F)n2)cnc1O[C@H]1CCC[C@H](C(=O)O)C1. The van der Waals surface area contributed by atoms with Gasteiger partial charge in [0, 0.05) is 18.8 Å². The maximum absolute atomic E-state index is 14.2. The summed E-state index contributed by atoms with van der Waals surface area (Å²) in [5, 5.41) is 20.9. The van der Waals surface area contributed by atoms with Gasteiger partial charge in [-0.25, -0.2) is 29.0 Å². The summed E-state index contributed by atoms with van der Waals surface area (Å²) in [6.45, 7) is 2.08. The van der Waals surface area contributed by atoms with Crippen molar-refractivity contribution in [2.75, 3.05) is 5.32 Å². The molecule has 0 saturated heterocycles. The molecule has 3 heterocycles. The molecule has 1 aliphatic carbocycles. The molecule has 2 N–H and O–H groups in total. The molecule has 5 rings (SSSR count). The predicted octanol–water partition coefficient (Wildman–Crippen LogP) is 3.81. The maximum Gasteiger partial charge on any atom is 0.306 e. The minimum Gasteiger partial charge on any atom is -0.481 e. The number of hydrogen-bond acceptors (Lipinski definition) is 9. The maximum atomic E-state index is 14.2. The molecule has 4 aromatic rings. The van der Waals surface area contributed by atoms with Crippen molar-refractivity contribution in [3.8, 4) is 28.5 Å². The van der Waals surface area contributed by atoms with Gasteiger partial charge in [0.2, 0.25) is 11.8 Å². The van der Waals surface area contributed by atoms with E-state index in [9.17, 15) is 14.3 Å². The summed E-state index contributed by atoms with van der Waals surface area (Å²) in [5.41, 5.74) is 3.22. The number of carboxylic acid groups (broad SMARTS) is 1. The van der Waals surface area contributed by atoms with E-state index < -0.39 is 11.9 Å². The van der Waals surface area contributed by atoms with Crippen molar-refractivity contribution >= 4 is 11.9 Å². The van der Waals surface area contributed by atoms with Gasteiger partial charge in [-0.15, -0.1) is 5.10 Å². The number of anilines is 1. The Labute approximate surface area is 218 Å². The number of aliphatic carboxylic acids is 1. The van der Waals surface area contributed by atoms with Crippen molar-refractivity contribution in [1.29, 1.82) is 0 Å². The summed E-state index contributed by atoms with van der Waals surface area (Å²) in [6, 6.07) is 8.08. The minimum absolute atomic E-state index is 0.208. The Bertz CT molecular complexity index is 1460. The van der Waals surface area contributed by atoms with Crippen LogP contribution in [-0.4, -0.2) is 52.1 Å². The highest BCUT2D eigenvalue weighted by molar-refractivity contribution is 5.70. The molecule has 0 amide bonds. The van der Waals surface area contributed by atoms with Crippen molar-refractivity contribution in [3.05, 3.63) is 59.9 Å². The second-order valence-corrected chi connectivity index (χ2v) is 9.19. The fourth-order valence-electron chi connectivity index (χ4n) is 4.53. The van der Waals surface area contributed by atoms with Crippen LogP contribution in [0.15, 0.2) is 42.7 Å². The van der Waals surface area contributed by atoms with Gasteiger partial charge < -0.3 is 15.2 Å². The van der Waals surface area contributed by atoms with E-state index in [4.69, 9.17) is 4.74 Å². The van der Waals surface area contributed by atoms with Crippen LogP contribution >= 0.6 is 0 Å². The molecule has 3 aromatic heterocycles. The molecule has 38 heavy (non-hydrogen) atoms. The molecule has 1 fully saturated rings. The molecule has 11 nitrogen and oxygen atoms in total. The van der Waals surface area contributed by atoms with Crippen LogP contribution in [0.2, 0.25) is 0 Å². The molecule has 1 aliphatic rings. The van der Waals surface area contributed by atoms with Gasteiger partial charge in [0.05, 0.1) is 30.0 Å². The predicted molar refractivity (Wildman–Crippen MR) is 136 cm³/mol. The summed E-state index contributed by atoms with van der Waals surface area (Å²) in [7, 11) is 1.77. The average molecular weight is 519 g/mol. The molecular weight excluding hydrogens is 491 g/mol. The van der Waals surface area contributed by atoms with Crippen molar-refractivity contribution in [2.24, 2.45) is 13.0 Å². The lowest BCUT2D eigenvalue weighted by Gasteiger charge is -2.27. The normalized spacial score (nSPS) is 17.2. The molecule has 0 unspecified atom stereocenters. The van der Waals surface area contributed by atoms with Gasteiger partial charge in [-0.3, -0.25) is 4.79 Å². The molecular formula is C26H27FN8O3. The largest absolute Gasteiger partial charge is 0.481 e. The minimum atomic E-state index is -0.787. The summed E-state index contributed by atoms with van der Waals surface area (Å²) in [5.74, 6) is -0.832. The topological polar surface area (TPSA) is 141 Å². The quantitative estimate of drug-likeness (QED) is 0.354. The lowest BCUT2D eigenvalue weighted by molar-refractivity contribution is -0.143. The van der Waals surface area contributed by atoms with Crippen LogP contribution < -0.4 is 10.1 Å². The summed E-state index contributed by atoms with van der Waals surface area (Å²) < 4.78 is 21.8. The number of halogens is 1. The number of benzene rings is 1. The van der Waals surface area contributed by atoms with Crippen LogP contribution in [-0.2, 0) is 18.4 Å². The van der Waals surface area contributed by atoms with Gasteiger partial charge in [-0.2, -0.15) is 0 Å². The van der Waals surface area contributed by atoms with Crippen molar-refractivity contribution in [1.82, 2.24) is 34.9 Å². The number of rotatable bonds is 8. The van der Waals surface area contributed by atoms with E-state index in [0.29, 0.717) is 53.0 Å². The fraction of sp³-hybridized carbons (Fsp3) is 0.346. The van der Waals surface area contributed by atoms with Gasteiger partial charge in [0.1, 0.15) is 29.0 Å². The summed E-state index contributed by atoms with van der Waals surface area (Å²) in [6.07, 6.45) is 5.64. The highest BCUT2D eigenvalue weighted by Gasteiger charge is 2.29. The van der Waals surface area contributed by atoms with Crippen LogP contribution in [0, 0.1) is 18.7 Å². The molecule has 0 bridgehead atoms. The molecule has 0 aliphatic heterocycles. The monoisotopic (exact) mass is 518 g/mol. The molecule has 1 aromatic carbocycles. The molecule has 196 valence electrons. The van der Waals surface area contributed by atoms with E-state index >= 15 is 0 Å². The Morgan fingerprint density at radius 2 is 2.03 bits per heavy atom. The van der Waals surface area contributed by atoms with Crippen LogP contribution in [0.4, 0.5) is 10.3 Å². The molecule has 0 spiro atoms. The number of nitrogens with zero attached hydrogens (tertiary/aromatic N) is 7. The number of hydrogen-bond donors (Lipinski definition) is 2. The Hall–Kier alpha value is -4.48. The molecule has 2 atom stereocenters. The van der Waals surface area contributed by atoms with E-state index in [1.807, 2.05) is 0 Å². The van der Waals surface area contributed by atoms with Gasteiger partial charge in [-0.1, -0.05) is 17.3 Å². The second kappa shape index (κ2) is 10.9. The zero-order valence-corrected chi connectivity index (χ0v) is 21.0. The Morgan fingerprint density at radius 3 is 2.82 bits per heavy atom. The van der Waals surface area contributed by atoms with Crippen molar-refractivity contribution in [2.45, 2.75) is 45.3 Å². The van der Waals surface area contributed by atoms with Crippen LogP contribution in [0.3, 0.4) is 0 Å². The first-order valence-electron chi connectivity index (χ1n) is 12.3. The summed E-state index contributed by atoms with van der Waals surface area (Å²) >= 11 is 0. The highest BCUT2D eigenvalue weighted by atomic mass is 19.1. The Morgan fingerprint density at radius 1 is 1.18 bits per heavy atom. The fourth-order valence-corrected chi connectivity index (χ4v) is 4.53. The standard InChI is InChI=1S/C26H27FN8O3/c1-15-24(38-17-7-5-6-16(12-17)25(36)37)29-13-21(31-15)23-22(35(2)34-33-23)14-30-26-28-11-10-20(32-26)18-8-3-4-9-19(18)27/h3-4,8-11,13,16-17H,5-7,12,14H2,1-2H3,(H,36,37)(H,28,30,32)/t16-,17-/m0/s1. The Balaban J connectivity index is 1.31. The van der Waals surface area contributed by atoms with Gasteiger partial charge in [-0.05, 0) is 50.8 Å². The van der Waals surface area contributed by atoms with E-state index in [1.54, 1.807) is 55.3 Å². The number of ether oxygens (including phenoxy) is 1. The molecule has 12 heteroatoms. The van der Waals surface area contributed by atoms with E-state index in [2.05, 4.69) is 35.6 Å². The first-order valence-corrected chi connectivity index (χ1v) is 12.3. The lowest BCUT2D eigenvalue weighted by atomic mass is 9.87. The van der Waals surface area contributed by atoms with E-state index in [-0.39, 0.29) is 18.5 Å². The number of carboxylic acids is 1. The number of nitrogens with one attached hydrogen (secondary N) is 1. The summed E-state index contributed by atoms with van der Waals surface area (Å²) in [4.78, 5) is 29.1. The smallest absolute Gasteiger partial charge is 0.306 e. The average Bonchev–Trinajstić information content (AvgIpc) is 3.29. The molecule has 1 saturated carbocycles. The first-order chi connectivity index (χ1) is 18.4. The zero-order chi connectivity index (χ0) is 26.6. The lowest BCUT2D eigenvalue weighted by Crippen LogP contribution is -2.30. The van der Waals surface area contributed by atoms with Gasteiger partial charge in [0.15, 0.2) is 0 Å². The zero-order valence-electron chi connectivity index (χ0n) is 21.0.